The van der Waals surface area contributed by atoms with Gasteiger partial charge in [-0.05, 0) is 24.6 Å². The van der Waals surface area contributed by atoms with E-state index in [1.807, 2.05) is 5.38 Å². The summed E-state index contributed by atoms with van der Waals surface area (Å²) in [5.74, 6) is -1.25. The van der Waals surface area contributed by atoms with Crippen LogP contribution in [0.2, 0.25) is 5.15 Å². The molecule has 3 aromatic rings. The van der Waals surface area contributed by atoms with E-state index in [-0.39, 0.29) is 11.0 Å². The average Bonchev–Trinajstić information content (AvgIpc) is 2.92. The molecular weight excluding hydrogens is 359 g/mol. The van der Waals surface area contributed by atoms with E-state index >= 15 is 0 Å². The summed E-state index contributed by atoms with van der Waals surface area (Å²) in [6, 6.07) is 6.10. The number of nitrogens with zero attached hydrogens (tertiary/aromatic N) is 2. The Bertz CT molecular complexity index is 883. The maximum Gasteiger partial charge on any atom is 0.316 e. The van der Waals surface area contributed by atoms with Gasteiger partial charge in [-0.1, -0.05) is 35.5 Å². The van der Waals surface area contributed by atoms with E-state index < -0.39 is 11.2 Å². The molecule has 1 unspecified atom stereocenters. The minimum Gasteiger partial charge on any atom is -0.480 e. The normalized spacial score (nSPS) is 12.5. The fraction of sp³-hybridized carbons (Fsp3) is 0.133. The number of fused-ring (bicyclic) bond motifs is 1. The van der Waals surface area contributed by atoms with Crippen LogP contribution in [0.4, 0.5) is 4.39 Å². The van der Waals surface area contributed by atoms with Crippen molar-refractivity contribution in [1.29, 1.82) is 0 Å². The zero-order valence-corrected chi connectivity index (χ0v) is 14.2. The van der Waals surface area contributed by atoms with Gasteiger partial charge in [-0.15, -0.1) is 11.3 Å². The first kappa shape index (κ1) is 16.2. The van der Waals surface area contributed by atoms with Crippen LogP contribution < -0.4 is 0 Å². The molecule has 0 saturated carbocycles. The number of aromatic nitrogens is 2. The first-order valence-electron chi connectivity index (χ1n) is 6.56. The Morgan fingerprint density at radius 2 is 2.04 bits per heavy atom. The van der Waals surface area contributed by atoms with Gasteiger partial charge in [0.05, 0.1) is 5.39 Å². The first-order valence-corrected chi connectivity index (χ1v) is 8.69. The number of benzene rings is 1. The van der Waals surface area contributed by atoms with Crippen molar-refractivity contribution in [2.45, 2.75) is 17.3 Å². The van der Waals surface area contributed by atoms with Crippen LogP contribution in [-0.4, -0.2) is 26.3 Å². The van der Waals surface area contributed by atoms with Gasteiger partial charge in [-0.3, -0.25) is 4.79 Å². The van der Waals surface area contributed by atoms with Crippen molar-refractivity contribution in [2.24, 2.45) is 0 Å². The summed E-state index contributed by atoms with van der Waals surface area (Å²) in [5.41, 5.74) is 1.65. The van der Waals surface area contributed by atoms with Gasteiger partial charge < -0.3 is 5.11 Å². The van der Waals surface area contributed by atoms with Crippen LogP contribution in [0.1, 0.15) is 6.92 Å². The summed E-state index contributed by atoms with van der Waals surface area (Å²) in [6.45, 7) is 1.56. The number of carboxylic acids is 1. The molecule has 8 heteroatoms. The van der Waals surface area contributed by atoms with Crippen LogP contribution in [-0.2, 0) is 4.79 Å². The van der Waals surface area contributed by atoms with Gasteiger partial charge in [-0.2, -0.15) is 0 Å². The molecule has 1 N–H and O–H groups in total. The quantitative estimate of drug-likeness (QED) is 0.410. The SMILES string of the molecule is CC(Sc1nc(Cl)c2c(-c3ccc(F)cc3)csc2n1)C(=O)O. The molecule has 3 rings (SSSR count). The highest BCUT2D eigenvalue weighted by Gasteiger charge is 2.18. The third-order valence-corrected chi connectivity index (χ3v) is 5.25. The predicted octanol–water partition coefficient (Wildman–Crippen LogP) is 4.72. The van der Waals surface area contributed by atoms with Crippen molar-refractivity contribution >= 4 is 50.9 Å². The third-order valence-electron chi connectivity index (χ3n) is 3.15. The van der Waals surface area contributed by atoms with E-state index in [2.05, 4.69) is 9.97 Å². The Morgan fingerprint density at radius 3 is 2.70 bits per heavy atom. The average molecular weight is 369 g/mol. The van der Waals surface area contributed by atoms with Crippen molar-refractivity contribution in [3.63, 3.8) is 0 Å². The van der Waals surface area contributed by atoms with E-state index in [1.54, 1.807) is 19.1 Å². The van der Waals surface area contributed by atoms with Gasteiger partial charge in [0, 0.05) is 10.9 Å². The molecular formula is C15H10ClFN2O2S2. The van der Waals surface area contributed by atoms with Crippen molar-refractivity contribution in [1.82, 2.24) is 9.97 Å². The summed E-state index contributed by atoms with van der Waals surface area (Å²) in [7, 11) is 0. The summed E-state index contributed by atoms with van der Waals surface area (Å²) < 4.78 is 13.1. The smallest absolute Gasteiger partial charge is 0.316 e. The molecule has 23 heavy (non-hydrogen) atoms. The molecule has 2 heterocycles. The molecule has 0 aliphatic carbocycles. The van der Waals surface area contributed by atoms with Crippen LogP contribution in [0, 0.1) is 5.82 Å². The van der Waals surface area contributed by atoms with Crippen molar-refractivity contribution in [3.05, 3.63) is 40.6 Å². The summed E-state index contributed by atoms with van der Waals surface area (Å²) in [4.78, 5) is 20.2. The van der Waals surface area contributed by atoms with Gasteiger partial charge in [-0.25, -0.2) is 14.4 Å². The van der Waals surface area contributed by atoms with Crippen LogP contribution in [0.15, 0.2) is 34.8 Å². The molecule has 118 valence electrons. The molecule has 0 bridgehead atoms. The van der Waals surface area contributed by atoms with Crippen LogP contribution in [0.5, 0.6) is 0 Å². The monoisotopic (exact) mass is 368 g/mol. The Kier molecular flexibility index (Phi) is 4.52. The lowest BCUT2D eigenvalue weighted by Gasteiger charge is -2.06. The number of carboxylic acid groups (broad SMARTS) is 1. The maximum atomic E-state index is 13.1. The van der Waals surface area contributed by atoms with Crippen molar-refractivity contribution in [3.8, 4) is 11.1 Å². The second-order valence-electron chi connectivity index (χ2n) is 4.73. The first-order chi connectivity index (χ1) is 11.0. The van der Waals surface area contributed by atoms with Crippen molar-refractivity contribution in [2.75, 3.05) is 0 Å². The lowest BCUT2D eigenvalue weighted by atomic mass is 10.1. The third kappa shape index (κ3) is 3.31. The van der Waals surface area contributed by atoms with Gasteiger partial charge in [0.25, 0.3) is 0 Å². The maximum absolute atomic E-state index is 13.1. The summed E-state index contributed by atoms with van der Waals surface area (Å²) >= 11 is 8.70. The number of rotatable bonds is 4. The minimum absolute atomic E-state index is 0.260. The summed E-state index contributed by atoms with van der Waals surface area (Å²) in [6.07, 6.45) is 0. The highest BCUT2D eigenvalue weighted by atomic mass is 35.5. The number of hydrogen-bond donors (Lipinski definition) is 1. The second-order valence-corrected chi connectivity index (χ2v) is 7.26. The van der Waals surface area contributed by atoms with Gasteiger partial charge in [0.1, 0.15) is 21.1 Å². The number of thioether (sulfide) groups is 1. The Balaban J connectivity index is 2.04. The standard InChI is InChI=1S/C15H10ClFN2O2S2/c1-7(14(20)21)23-15-18-12(16)11-10(6-22-13(11)19-15)8-2-4-9(17)5-3-8/h2-7H,1H3,(H,20,21). The number of aliphatic carboxylic acids is 1. The molecule has 0 saturated heterocycles. The van der Waals surface area contributed by atoms with Crippen molar-refractivity contribution < 1.29 is 14.3 Å². The molecule has 0 spiro atoms. The second kappa shape index (κ2) is 6.43. The fourth-order valence-electron chi connectivity index (χ4n) is 1.98. The molecule has 4 nitrogen and oxygen atoms in total. The number of halogens is 2. The highest BCUT2D eigenvalue weighted by Crippen LogP contribution is 2.38. The summed E-state index contributed by atoms with van der Waals surface area (Å²) in [5, 5.41) is 11.5. The molecule has 0 aliphatic heterocycles. The van der Waals surface area contributed by atoms with Gasteiger partial charge in [0.15, 0.2) is 5.16 Å². The predicted molar refractivity (Wildman–Crippen MR) is 90.8 cm³/mol. The number of hydrogen-bond acceptors (Lipinski definition) is 5. The molecule has 0 amide bonds. The van der Waals surface area contributed by atoms with E-state index in [4.69, 9.17) is 16.7 Å². The molecule has 1 atom stereocenters. The Hall–Kier alpha value is -1.70. The largest absolute Gasteiger partial charge is 0.480 e. The minimum atomic E-state index is -0.937. The highest BCUT2D eigenvalue weighted by molar-refractivity contribution is 8.00. The Labute approximate surface area is 144 Å². The topological polar surface area (TPSA) is 63.1 Å². The molecule has 2 aromatic heterocycles. The molecule has 1 aromatic carbocycles. The van der Waals surface area contributed by atoms with E-state index in [0.717, 1.165) is 22.9 Å². The molecule has 0 fully saturated rings. The van der Waals surface area contributed by atoms with Crippen LogP contribution >= 0.6 is 34.7 Å². The lowest BCUT2D eigenvalue weighted by Crippen LogP contribution is -2.11. The van der Waals surface area contributed by atoms with Crippen LogP contribution in [0.25, 0.3) is 21.3 Å². The van der Waals surface area contributed by atoms with Gasteiger partial charge >= 0.3 is 5.97 Å². The molecule has 0 radical (unpaired) electrons. The Morgan fingerprint density at radius 1 is 1.35 bits per heavy atom. The lowest BCUT2D eigenvalue weighted by molar-refractivity contribution is -0.136. The van der Waals surface area contributed by atoms with Crippen LogP contribution in [0.3, 0.4) is 0 Å². The molecule has 0 aliphatic rings. The van der Waals surface area contributed by atoms with E-state index in [9.17, 15) is 9.18 Å². The number of carbonyl (C=O) groups is 1. The van der Waals surface area contributed by atoms with E-state index in [1.165, 1.54) is 23.5 Å². The zero-order valence-electron chi connectivity index (χ0n) is 11.8. The fourth-order valence-corrected chi connectivity index (χ4v) is 4.07. The van der Waals surface area contributed by atoms with Gasteiger partial charge in [0.2, 0.25) is 0 Å². The van der Waals surface area contributed by atoms with E-state index in [0.29, 0.717) is 15.4 Å². The zero-order chi connectivity index (χ0) is 16.6. The number of thiophene rings is 1.